The Morgan fingerprint density at radius 2 is 2.00 bits per heavy atom. The van der Waals surface area contributed by atoms with Gasteiger partial charge in [0.05, 0.1) is 0 Å². The first kappa shape index (κ1) is 12.7. The van der Waals surface area contributed by atoms with Crippen LogP contribution in [0, 0.1) is 0 Å². The molecule has 1 heterocycles. The highest BCUT2D eigenvalue weighted by Gasteiger charge is 2.33. The van der Waals surface area contributed by atoms with E-state index >= 15 is 0 Å². The van der Waals surface area contributed by atoms with Crippen LogP contribution < -0.4 is 5.32 Å². The van der Waals surface area contributed by atoms with Crippen molar-refractivity contribution in [2.45, 2.75) is 55.7 Å². The molecule has 0 radical (unpaired) electrons. The Morgan fingerprint density at radius 1 is 1.19 bits per heavy atom. The Balaban J connectivity index is 1.76. The first-order valence-corrected chi connectivity index (χ1v) is 7.93. The topological polar surface area (TPSA) is 21.3 Å². The van der Waals surface area contributed by atoms with E-state index in [0.29, 0.717) is 10.8 Å². The Labute approximate surface area is 104 Å². The van der Waals surface area contributed by atoms with Crippen LogP contribution in [0.1, 0.15) is 44.9 Å². The van der Waals surface area contributed by atoms with Crippen molar-refractivity contribution < 1.29 is 4.74 Å². The average Bonchev–Trinajstić information content (AvgIpc) is 2.63. The second kappa shape index (κ2) is 6.27. The number of nitrogens with one attached hydrogen (secondary N) is 1. The highest BCUT2D eigenvalue weighted by molar-refractivity contribution is 8.00. The number of hydrogen-bond donors (Lipinski definition) is 1. The Hall–Kier alpha value is 0.270. The standard InChI is InChI=1S/C13H25NOS/c1-16-13(7-2-3-8-13)11-14-12-5-4-9-15-10-6-12/h12,14H,2-11H2,1H3. The van der Waals surface area contributed by atoms with E-state index in [-0.39, 0.29) is 0 Å². The van der Waals surface area contributed by atoms with E-state index in [1.807, 2.05) is 0 Å². The Kier molecular flexibility index (Phi) is 4.98. The summed E-state index contributed by atoms with van der Waals surface area (Å²) in [5.74, 6) is 0. The molecule has 1 aliphatic heterocycles. The average molecular weight is 243 g/mol. The lowest BCUT2D eigenvalue weighted by molar-refractivity contribution is 0.142. The molecule has 1 atom stereocenters. The van der Waals surface area contributed by atoms with Gasteiger partial charge in [-0.25, -0.2) is 0 Å². The fourth-order valence-corrected chi connectivity index (χ4v) is 3.84. The summed E-state index contributed by atoms with van der Waals surface area (Å²) in [5.41, 5.74) is 0. The molecule has 1 saturated heterocycles. The van der Waals surface area contributed by atoms with Crippen LogP contribution in [0.15, 0.2) is 0 Å². The van der Waals surface area contributed by atoms with Gasteiger partial charge in [0.25, 0.3) is 0 Å². The first-order chi connectivity index (χ1) is 7.85. The molecule has 0 aromatic rings. The Bertz CT molecular complexity index is 196. The highest BCUT2D eigenvalue weighted by Crippen LogP contribution is 2.39. The maximum absolute atomic E-state index is 5.50. The molecule has 0 amide bonds. The maximum Gasteiger partial charge on any atom is 0.0480 e. The van der Waals surface area contributed by atoms with Gasteiger partial charge in [-0.05, 0) is 38.4 Å². The SMILES string of the molecule is CSC1(CNC2CCCOCC2)CCCC1. The van der Waals surface area contributed by atoms with Crippen LogP contribution in [0.3, 0.4) is 0 Å². The zero-order chi connectivity index (χ0) is 11.3. The second-order valence-corrected chi connectivity index (χ2v) is 6.49. The predicted octanol–water partition coefficient (Wildman–Crippen LogP) is 2.82. The number of rotatable bonds is 4. The van der Waals surface area contributed by atoms with E-state index in [1.54, 1.807) is 0 Å². The van der Waals surface area contributed by atoms with Gasteiger partial charge in [0.1, 0.15) is 0 Å². The Morgan fingerprint density at radius 3 is 2.75 bits per heavy atom. The van der Waals surface area contributed by atoms with Crippen LogP contribution >= 0.6 is 11.8 Å². The summed E-state index contributed by atoms with van der Waals surface area (Å²) in [6.45, 7) is 3.12. The van der Waals surface area contributed by atoms with Crippen molar-refractivity contribution in [2.24, 2.45) is 0 Å². The lowest BCUT2D eigenvalue weighted by Gasteiger charge is -2.29. The fraction of sp³-hybridized carbons (Fsp3) is 1.00. The van der Waals surface area contributed by atoms with Gasteiger partial charge in [-0.1, -0.05) is 12.8 Å². The molecule has 1 aliphatic carbocycles. The summed E-state index contributed by atoms with van der Waals surface area (Å²) < 4.78 is 6.05. The zero-order valence-electron chi connectivity index (χ0n) is 10.5. The van der Waals surface area contributed by atoms with Gasteiger partial charge >= 0.3 is 0 Å². The normalized spacial score (nSPS) is 30.2. The molecule has 0 bridgehead atoms. The largest absolute Gasteiger partial charge is 0.381 e. The molecule has 94 valence electrons. The minimum atomic E-state index is 0.549. The third-order valence-corrected chi connectivity index (χ3v) is 5.53. The van der Waals surface area contributed by atoms with Crippen molar-refractivity contribution in [1.29, 1.82) is 0 Å². The van der Waals surface area contributed by atoms with Gasteiger partial charge in [0.2, 0.25) is 0 Å². The quantitative estimate of drug-likeness (QED) is 0.820. The molecule has 2 aliphatic rings. The molecule has 0 aromatic carbocycles. The van der Waals surface area contributed by atoms with Gasteiger partial charge < -0.3 is 10.1 Å². The molecule has 2 fully saturated rings. The van der Waals surface area contributed by atoms with E-state index in [2.05, 4.69) is 23.3 Å². The number of thioether (sulfide) groups is 1. The first-order valence-electron chi connectivity index (χ1n) is 6.71. The molecule has 1 saturated carbocycles. The van der Waals surface area contributed by atoms with Gasteiger partial charge in [-0.3, -0.25) is 0 Å². The van der Waals surface area contributed by atoms with Crippen molar-refractivity contribution in [3.05, 3.63) is 0 Å². The van der Waals surface area contributed by atoms with Crippen LogP contribution in [-0.2, 0) is 4.74 Å². The molecule has 0 spiro atoms. The highest BCUT2D eigenvalue weighted by atomic mass is 32.2. The van der Waals surface area contributed by atoms with Crippen LogP contribution in [0.5, 0.6) is 0 Å². The summed E-state index contributed by atoms with van der Waals surface area (Å²) in [6.07, 6.45) is 11.7. The van der Waals surface area contributed by atoms with Gasteiger partial charge in [0.15, 0.2) is 0 Å². The van der Waals surface area contributed by atoms with Crippen LogP contribution in [0.4, 0.5) is 0 Å². The summed E-state index contributed by atoms with van der Waals surface area (Å²) in [6, 6.07) is 0.701. The molecule has 2 rings (SSSR count). The van der Waals surface area contributed by atoms with E-state index in [1.165, 1.54) is 51.5 Å². The number of hydrogen-bond acceptors (Lipinski definition) is 3. The van der Waals surface area contributed by atoms with Crippen LogP contribution in [0.25, 0.3) is 0 Å². The molecular formula is C13H25NOS. The summed E-state index contributed by atoms with van der Waals surface area (Å²) in [5, 5.41) is 3.79. The predicted molar refractivity (Wildman–Crippen MR) is 71.2 cm³/mol. The van der Waals surface area contributed by atoms with E-state index in [9.17, 15) is 0 Å². The van der Waals surface area contributed by atoms with Crippen molar-refractivity contribution in [3.63, 3.8) is 0 Å². The van der Waals surface area contributed by atoms with Crippen molar-refractivity contribution in [3.8, 4) is 0 Å². The van der Waals surface area contributed by atoms with E-state index < -0.39 is 0 Å². The molecule has 16 heavy (non-hydrogen) atoms. The lowest BCUT2D eigenvalue weighted by atomic mass is 10.0. The summed E-state index contributed by atoms with van der Waals surface area (Å²) in [7, 11) is 0. The third-order valence-electron chi connectivity index (χ3n) is 4.11. The van der Waals surface area contributed by atoms with Crippen molar-refractivity contribution in [1.82, 2.24) is 5.32 Å². The third kappa shape index (κ3) is 3.38. The zero-order valence-corrected chi connectivity index (χ0v) is 11.3. The van der Waals surface area contributed by atoms with Crippen LogP contribution in [-0.4, -0.2) is 36.8 Å². The summed E-state index contributed by atoms with van der Waals surface area (Å²) in [4.78, 5) is 0. The smallest absolute Gasteiger partial charge is 0.0480 e. The molecule has 0 aromatic heterocycles. The van der Waals surface area contributed by atoms with Gasteiger partial charge in [-0.2, -0.15) is 11.8 Å². The second-order valence-electron chi connectivity index (χ2n) is 5.22. The van der Waals surface area contributed by atoms with Gasteiger partial charge in [-0.15, -0.1) is 0 Å². The molecule has 3 heteroatoms. The molecule has 2 nitrogen and oxygen atoms in total. The minimum absolute atomic E-state index is 0.549. The van der Waals surface area contributed by atoms with Gasteiger partial charge in [0, 0.05) is 30.5 Å². The maximum atomic E-state index is 5.50. The van der Waals surface area contributed by atoms with E-state index in [4.69, 9.17) is 4.74 Å². The van der Waals surface area contributed by atoms with E-state index in [0.717, 1.165) is 13.2 Å². The molecular weight excluding hydrogens is 218 g/mol. The summed E-state index contributed by atoms with van der Waals surface area (Å²) >= 11 is 2.08. The van der Waals surface area contributed by atoms with Crippen LogP contribution in [0.2, 0.25) is 0 Å². The fourth-order valence-electron chi connectivity index (χ4n) is 2.91. The monoisotopic (exact) mass is 243 g/mol. The lowest BCUT2D eigenvalue weighted by Crippen LogP contribution is -2.40. The van der Waals surface area contributed by atoms with Crippen molar-refractivity contribution >= 4 is 11.8 Å². The number of ether oxygens (including phenoxy) is 1. The molecule has 1 unspecified atom stereocenters. The minimum Gasteiger partial charge on any atom is -0.381 e. The molecule has 1 N–H and O–H groups in total. The van der Waals surface area contributed by atoms with Crippen molar-refractivity contribution in [2.75, 3.05) is 26.0 Å².